The number of ether oxygens (including phenoxy) is 1. The molecule has 24 heavy (non-hydrogen) atoms. The molecule has 0 unspecified atom stereocenters. The van der Waals surface area contributed by atoms with Gasteiger partial charge in [0.25, 0.3) is 0 Å². The first-order valence-electron chi connectivity index (χ1n) is 7.71. The maximum absolute atomic E-state index is 5.43. The molecule has 6 heteroatoms. The summed E-state index contributed by atoms with van der Waals surface area (Å²) in [5.41, 5.74) is 4.44. The molecule has 0 saturated heterocycles. The van der Waals surface area contributed by atoms with E-state index in [1.54, 1.807) is 7.11 Å². The summed E-state index contributed by atoms with van der Waals surface area (Å²) in [5.74, 6) is 1.64. The second kappa shape index (κ2) is 6.88. The van der Waals surface area contributed by atoms with E-state index in [0.29, 0.717) is 11.3 Å². The number of nitrogens with zero attached hydrogens (tertiary/aromatic N) is 2. The first-order chi connectivity index (χ1) is 11.6. The molecule has 0 amide bonds. The third kappa shape index (κ3) is 3.19. The van der Waals surface area contributed by atoms with Gasteiger partial charge in [-0.1, -0.05) is 18.2 Å². The molecule has 0 aliphatic heterocycles. The highest BCUT2D eigenvalue weighted by atomic mass is 32.1. The monoisotopic (exact) mass is 340 g/mol. The molecule has 0 atom stereocenters. The van der Waals surface area contributed by atoms with Crippen molar-refractivity contribution in [3.05, 3.63) is 64.2 Å². The number of benzene rings is 2. The molecule has 0 aliphatic carbocycles. The molecule has 2 aromatic carbocycles. The fourth-order valence-electron chi connectivity index (χ4n) is 2.59. The third-order valence-corrected chi connectivity index (χ3v) is 4.35. The fraction of sp³-hybridized carbons (Fsp3) is 0.222. The van der Waals surface area contributed by atoms with Crippen molar-refractivity contribution in [1.82, 2.24) is 14.8 Å². The average molecular weight is 340 g/mol. The number of aromatic nitrogens is 3. The molecule has 5 nitrogen and oxygen atoms in total. The standard InChI is InChI=1S/C18H20N4OS/c1-12-6-4-9-16(13(12)2)22-17(20-21-18(22)24)11-19-14-7-5-8-15(10-14)23-3/h4-10,19H,11H2,1-3H3,(H,21,24). The number of H-pyrrole nitrogens is 1. The van der Waals surface area contributed by atoms with Gasteiger partial charge in [0.05, 0.1) is 19.3 Å². The van der Waals surface area contributed by atoms with E-state index >= 15 is 0 Å². The first-order valence-corrected chi connectivity index (χ1v) is 8.12. The van der Waals surface area contributed by atoms with Gasteiger partial charge in [-0.05, 0) is 55.4 Å². The van der Waals surface area contributed by atoms with Crippen molar-refractivity contribution in [1.29, 1.82) is 0 Å². The van der Waals surface area contributed by atoms with Crippen LogP contribution in [0, 0.1) is 18.6 Å². The minimum atomic E-state index is 0.549. The van der Waals surface area contributed by atoms with Crippen molar-refractivity contribution >= 4 is 17.9 Å². The number of aryl methyl sites for hydroxylation is 1. The SMILES string of the molecule is COc1cccc(NCc2n[nH]c(=S)n2-c2cccc(C)c2C)c1. The van der Waals surface area contributed by atoms with Gasteiger partial charge in [-0.25, -0.2) is 0 Å². The lowest BCUT2D eigenvalue weighted by Gasteiger charge is -2.13. The van der Waals surface area contributed by atoms with Crippen LogP contribution in [0.25, 0.3) is 5.69 Å². The third-order valence-electron chi connectivity index (χ3n) is 4.08. The summed E-state index contributed by atoms with van der Waals surface area (Å²) in [5, 5.41) is 10.6. The molecule has 3 aromatic rings. The number of rotatable bonds is 5. The highest BCUT2D eigenvalue weighted by molar-refractivity contribution is 7.71. The normalized spacial score (nSPS) is 10.6. The first kappa shape index (κ1) is 16.3. The van der Waals surface area contributed by atoms with E-state index in [9.17, 15) is 0 Å². The Balaban J connectivity index is 1.90. The maximum Gasteiger partial charge on any atom is 0.199 e. The summed E-state index contributed by atoms with van der Waals surface area (Å²) in [7, 11) is 1.66. The molecule has 0 radical (unpaired) electrons. The molecule has 3 rings (SSSR count). The number of methoxy groups -OCH3 is 1. The number of hydrogen-bond acceptors (Lipinski definition) is 4. The van der Waals surface area contributed by atoms with Crippen LogP contribution in [0.2, 0.25) is 0 Å². The molecule has 124 valence electrons. The van der Waals surface area contributed by atoms with E-state index < -0.39 is 0 Å². The van der Waals surface area contributed by atoms with Gasteiger partial charge < -0.3 is 10.1 Å². The smallest absolute Gasteiger partial charge is 0.199 e. The second-order valence-corrected chi connectivity index (χ2v) is 5.97. The summed E-state index contributed by atoms with van der Waals surface area (Å²) in [6.07, 6.45) is 0. The lowest BCUT2D eigenvalue weighted by atomic mass is 10.1. The van der Waals surface area contributed by atoms with E-state index in [4.69, 9.17) is 17.0 Å². The van der Waals surface area contributed by atoms with Crippen molar-refractivity contribution in [3.63, 3.8) is 0 Å². The molecule has 1 heterocycles. The Kier molecular flexibility index (Phi) is 4.66. The number of anilines is 1. The Hall–Kier alpha value is -2.60. The largest absolute Gasteiger partial charge is 0.497 e. The van der Waals surface area contributed by atoms with E-state index in [1.807, 2.05) is 34.9 Å². The molecule has 0 bridgehead atoms. The van der Waals surface area contributed by atoms with Gasteiger partial charge in [-0.2, -0.15) is 5.10 Å². The fourth-order valence-corrected chi connectivity index (χ4v) is 2.84. The number of hydrogen-bond donors (Lipinski definition) is 2. The van der Waals surface area contributed by atoms with E-state index in [0.717, 1.165) is 22.9 Å². The Labute approximate surface area is 146 Å². The quantitative estimate of drug-likeness (QED) is 0.685. The molecular formula is C18H20N4OS. The predicted molar refractivity (Wildman–Crippen MR) is 98.5 cm³/mol. The van der Waals surface area contributed by atoms with Crippen LogP contribution in [0.15, 0.2) is 42.5 Å². The average Bonchev–Trinajstić information content (AvgIpc) is 2.96. The van der Waals surface area contributed by atoms with E-state index in [-0.39, 0.29) is 0 Å². The molecule has 1 aromatic heterocycles. The highest BCUT2D eigenvalue weighted by Gasteiger charge is 2.11. The Morgan fingerprint density at radius 3 is 2.79 bits per heavy atom. The summed E-state index contributed by atoms with van der Waals surface area (Å²) in [6, 6.07) is 14.0. The highest BCUT2D eigenvalue weighted by Crippen LogP contribution is 2.21. The summed E-state index contributed by atoms with van der Waals surface area (Å²) in [6.45, 7) is 4.74. The summed E-state index contributed by atoms with van der Waals surface area (Å²) in [4.78, 5) is 0. The Morgan fingerprint density at radius 2 is 2.00 bits per heavy atom. The van der Waals surface area contributed by atoms with Crippen LogP contribution in [0.1, 0.15) is 17.0 Å². The molecule has 2 N–H and O–H groups in total. The zero-order valence-electron chi connectivity index (χ0n) is 14.0. The summed E-state index contributed by atoms with van der Waals surface area (Å²) >= 11 is 5.43. The second-order valence-electron chi connectivity index (χ2n) is 5.58. The molecular weight excluding hydrogens is 320 g/mol. The molecule has 0 fully saturated rings. The molecule has 0 aliphatic rings. The van der Waals surface area contributed by atoms with Crippen LogP contribution in [0.5, 0.6) is 5.75 Å². The van der Waals surface area contributed by atoms with Gasteiger partial charge >= 0.3 is 0 Å². The van der Waals surface area contributed by atoms with Gasteiger partial charge in [0.15, 0.2) is 10.6 Å². The van der Waals surface area contributed by atoms with Crippen LogP contribution in [-0.4, -0.2) is 21.9 Å². The van der Waals surface area contributed by atoms with Crippen LogP contribution in [0.4, 0.5) is 5.69 Å². The lowest BCUT2D eigenvalue weighted by molar-refractivity contribution is 0.415. The van der Waals surface area contributed by atoms with Crippen LogP contribution < -0.4 is 10.1 Å². The predicted octanol–water partition coefficient (Wildman–Crippen LogP) is 4.17. The zero-order chi connectivity index (χ0) is 17.1. The maximum atomic E-state index is 5.43. The van der Waals surface area contributed by atoms with Crippen molar-refractivity contribution in [2.75, 3.05) is 12.4 Å². The number of aromatic amines is 1. The topological polar surface area (TPSA) is 54.9 Å². The minimum Gasteiger partial charge on any atom is -0.497 e. The van der Waals surface area contributed by atoms with Crippen molar-refractivity contribution in [2.24, 2.45) is 0 Å². The molecule has 0 spiro atoms. The molecule has 0 saturated carbocycles. The van der Waals surface area contributed by atoms with E-state index in [2.05, 4.69) is 41.5 Å². The van der Waals surface area contributed by atoms with Gasteiger partial charge in [-0.15, -0.1) is 0 Å². The van der Waals surface area contributed by atoms with Crippen LogP contribution >= 0.6 is 12.2 Å². The lowest BCUT2D eigenvalue weighted by Crippen LogP contribution is -2.09. The van der Waals surface area contributed by atoms with Crippen molar-refractivity contribution < 1.29 is 4.74 Å². The van der Waals surface area contributed by atoms with Crippen LogP contribution in [-0.2, 0) is 6.54 Å². The van der Waals surface area contributed by atoms with Gasteiger partial charge in [0.1, 0.15) is 5.75 Å². The van der Waals surface area contributed by atoms with Crippen LogP contribution in [0.3, 0.4) is 0 Å². The summed E-state index contributed by atoms with van der Waals surface area (Å²) < 4.78 is 7.82. The van der Waals surface area contributed by atoms with Crippen molar-refractivity contribution in [3.8, 4) is 11.4 Å². The van der Waals surface area contributed by atoms with E-state index in [1.165, 1.54) is 11.1 Å². The Morgan fingerprint density at radius 1 is 1.21 bits per heavy atom. The zero-order valence-corrected chi connectivity index (χ0v) is 14.8. The number of nitrogens with one attached hydrogen (secondary N) is 2. The Bertz CT molecular complexity index is 913. The van der Waals surface area contributed by atoms with Crippen molar-refractivity contribution in [2.45, 2.75) is 20.4 Å². The van der Waals surface area contributed by atoms with Gasteiger partial charge in [0, 0.05) is 11.8 Å². The van der Waals surface area contributed by atoms with Gasteiger partial charge in [0.2, 0.25) is 0 Å². The van der Waals surface area contributed by atoms with Gasteiger partial charge in [-0.3, -0.25) is 9.67 Å². The minimum absolute atomic E-state index is 0.549.